The van der Waals surface area contributed by atoms with E-state index in [4.69, 9.17) is 4.74 Å². The van der Waals surface area contributed by atoms with Crippen LogP contribution in [0, 0.1) is 11.8 Å². The first-order chi connectivity index (χ1) is 5.77. The van der Waals surface area contributed by atoms with Crippen molar-refractivity contribution < 1.29 is 4.74 Å². The van der Waals surface area contributed by atoms with Gasteiger partial charge in [-0.1, -0.05) is 20.3 Å². The third-order valence-corrected chi connectivity index (χ3v) is 3.50. The molecule has 1 atom stereocenters. The molecule has 0 spiro atoms. The van der Waals surface area contributed by atoms with Gasteiger partial charge in [0.25, 0.3) is 0 Å². The molecule has 0 N–H and O–H groups in total. The summed E-state index contributed by atoms with van der Waals surface area (Å²) in [6.45, 7) is 4.69. The summed E-state index contributed by atoms with van der Waals surface area (Å²) in [6.07, 6.45) is 7.23. The molecule has 1 saturated carbocycles. The average Bonchev–Trinajstić information content (AvgIpc) is 2.17. The maximum atomic E-state index is 5.35. The van der Waals surface area contributed by atoms with Gasteiger partial charge in [0.05, 0.1) is 6.10 Å². The fraction of sp³-hybridized carbons (Fsp3) is 1.00. The van der Waals surface area contributed by atoms with E-state index in [9.17, 15) is 0 Å². The van der Waals surface area contributed by atoms with Crippen LogP contribution in [0.15, 0.2) is 0 Å². The van der Waals surface area contributed by atoms with E-state index in [0.717, 1.165) is 11.8 Å². The van der Waals surface area contributed by atoms with Gasteiger partial charge in [0, 0.05) is 7.11 Å². The molecule has 1 fully saturated rings. The topological polar surface area (TPSA) is 9.23 Å². The van der Waals surface area contributed by atoms with Gasteiger partial charge in [-0.05, 0) is 37.5 Å². The maximum Gasteiger partial charge on any atom is 0.0571 e. The van der Waals surface area contributed by atoms with Crippen LogP contribution in [0.3, 0.4) is 0 Å². The van der Waals surface area contributed by atoms with Crippen LogP contribution >= 0.6 is 0 Å². The van der Waals surface area contributed by atoms with Crippen molar-refractivity contribution in [1.29, 1.82) is 0 Å². The highest BCUT2D eigenvalue weighted by Gasteiger charge is 2.23. The van der Waals surface area contributed by atoms with Gasteiger partial charge < -0.3 is 4.74 Å². The first kappa shape index (κ1) is 10.0. The summed E-state index contributed by atoms with van der Waals surface area (Å²) in [5, 5.41) is 0. The Hall–Kier alpha value is -0.0400. The summed E-state index contributed by atoms with van der Waals surface area (Å²) in [7, 11) is 1.84. The van der Waals surface area contributed by atoms with E-state index >= 15 is 0 Å². The van der Waals surface area contributed by atoms with Crippen LogP contribution in [0.5, 0.6) is 0 Å². The van der Waals surface area contributed by atoms with Crippen LogP contribution in [0.25, 0.3) is 0 Å². The largest absolute Gasteiger partial charge is 0.381 e. The number of hydrogen-bond acceptors (Lipinski definition) is 1. The van der Waals surface area contributed by atoms with Crippen LogP contribution in [0.4, 0.5) is 0 Å². The molecule has 0 unspecified atom stereocenters. The molecule has 0 amide bonds. The molecule has 1 nitrogen and oxygen atoms in total. The highest BCUT2D eigenvalue weighted by Crippen LogP contribution is 2.32. The maximum absolute atomic E-state index is 5.35. The summed E-state index contributed by atoms with van der Waals surface area (Å²) in [6, 6.07) is 0. The highest BCUT2D eigenvalue weighted by atomic mass is 16.5. The van der Waals surface area contributed by atoms with E-state index in [-0.39, 0.29) is 0 Å². The molecule has 1 aliphatic carbocycles. The fourth-order valence-corrected chi connectivity index (χ4v) is 2.23. The average molecular weight is 170 g/mol. The summed E-state index contributed by atoms with van der Waals surface area (Å²) in [5.74, 6) is 1.89. The number of rotatable bonds is 3. The SMILES string of the molecule is CC[C@@H](C)C1CCC(OC)CC1. The van der Waals surface area contributed by atoms with Crippen molar-refractivity contribution in [3.63, 3.8) is 0 Å². The van der Waals surface area contributed by atoms with E-state index in [2.05, 4.69) is 13.8 Å². The van der Waals surface area contributed by atoms with Crippen LogP contribution in [0.2, 0.25) is 0 Å². The third-order valence-electron chi connectivity index (χ3n) is 3.50. The molecule has 72 valence electrons. The van der Waals surface area contributed by atoms with Gasteiger partial charge in [0.2, 0.25) is 0 Å². The third kappa shape index (κ3) is 2.48. The Balaban J connectivity index is 2.25. The van der Waals surface area contributed by atoms with Crippen molar-refractivity contribution in [2.24, 2.45) is 11.8 Å². The van der Waals surface area contributed by atoms with Crippen molar-refractivity contribution in [1.82, 2.24) is 0 Å². The van der Waals surface area contributed by atoms with Gasteiger partial charge >= 0.3 is 0 Å². The summed E-state index contributed by atoms with van der Waals surface area (Å²) < 4.78 is 5.35. The van der Waals surface area contributed by atoms with E-state index < -0.39 is 0 Å². The lowest BCUT2D eigenvalue weighted by atomic mass is 9.79. The highest BCUT2D eigenvalue weighted by molar-refractivity contribution is 4.75. The molecule has 0 heterocycles. The second-order valence-corrected chi connectivity index (χ2v) is 4.16. The molecule has 1 aliphatic rings. The number of hydrogen-bond donors (Lipinski definition) is 0. The Morgan fingerprint density at radius 1 is 1.25 bits per heavy atom. The Morgan fingerprint density at radius 3 is 2.25 bits per heavy atom. The molecule has 1 heteroatoms. The fourth-order valence-electron chi connectivity index (χ4n) is 2.23. The van der Waals surface area contributed by atoms with Crippen LogP contribution < -0.4 is 0 Å². The summed E-state index contributed by atoms with van der Waals surface area (Å²) in [5.41, 5.74) is 0. The molecular weight excluding hydrogens is 148 g/mol. The zero-order valence-corrected chi connectivity index (χ0v) is 8.68. The van der Waals surface area contributed by atoms with E-state index in [0.29, 0.717) is 6.10 Å². The zero-order chi connectivity index (χ0) is 8.97. The van der Waals surface area contributed by atoms with Gasteiger partial charge in [0.1, 0.15) is 0 Å². The molecule has 0 aromatic heterocycles. The van der Waals surface area contributed by atoms with E-state index in [1.807, 2.05) is 7.11 Å². The Labute approximate surface area is 76.5 Å². The Kier molecular flexibility index (Phi) is 4.07. The minimum Gasteiger partial charge on any atom is -0.381 e. The second-order valence-electron chi connectivity index (χ2n) is 4.16. The Morgan fingerprint density at radius 2 is 1.83 bits per heavy atom. The summed E-state index contributed by atoms with van der Waals surface area (Å²) in [4.78, 5) is 0. The van der Waals surface area contributed by atoms with Crippen molar-refractivity contribution in [3.8, 4) is 0 Å². The van der Waals surface area contributed by atoms with E-state index in [1.54, 1.807) is 0 Å². The lowest BCUT2D eigenvalue weighted by molar-refractivity contribution is 0.0476. The van der Waals surface area contributed by atoms with Gasteiger partial charge in [-0.2, -0.15) is 0 Å². The molecule has 0 aliphatic heterocycles. The second kappa shape index (κ2) is 4.86. The minimum atomic E-state index is 0.560. The normalized spacial score (nSPS) is 33.2. The van der Waals surface area contributed by atoms with Crippen molar-refractivity contribution >= 4 is 0 Å². The minimum absolute atomic E-state index is 0.560. The quantitative estimate of drug-likeness (QED) is 0.632. The van der Waals surface area contributed by atoms with Crippen molar-refractivity contribution in [2.45, 2.75) is 52.1 Å². The molecule has 0 radical (unpaired) electrons. The molecule has 0 bridgehead atoms. The monoisotopic (exact) mass is 170 g/mol. The predicted molar refractivity (Wildman–Crippen MR) is 52.2 cm³/mol. The van der Waals surface area contributed by atoms with Gasteiger partial charge in [-0.3, -0.25) is 0 Å². The number of ether oxygens (including phenoxy) is 1. The standard InChI is InChI=1S/C11H22O/c1-4-9(2)10-5-7-11(12-3)8-6-10/h9-11H,4-8H2,1-3H3/t9-,10?,11?/m1/s1. The lowest BCUT2D eigenvalue weighted by Gasteiger charge is -2.31. The smallest absolute Gasteiger partial charge is 0.0571 e. The molecular formula is C11H22O. The van der Waals surface area contributed by atoms with Crippen LogP contribution in [-0.2, 0) is 4.74 Å². The van der Waals surface area contributed by atoms with Crippen LogP contribution in [-0.4, -0.2) is 13.2 Å². The summed E-state index contributed by atoms with van der Waals surface area (Å²) >= 11 is 0. The molecule has 1 rings (SSSR count). The van der Waals surface area contributed by atoms with Gasteiger partial charge in [0.15, 0.2) is 0 Å². The first-order valence-electron chi connectivity index (χ1n) is 5.30. The zero-order valence-electron chi connectivity index (χ0n) is 8.68. The van der Waals surface area contributed by atoms with Crippen molar-refractivity contribution in [3.05, 3.63) is 0 Å². The van der Waals surface area contributed by atoms with Crippen LogP contribution in [0.1, 0.15) is 46.0 Å². The molecule has 0 aromatic rings. The van der Waals surface area contributed by atoms with E-state index in [1.165, 1.54) is 32.1 Å². The molecule has 0 aromatic carbocycles. The van der Waals surface area contributed by atoms with Crippen molar-refractivity contribution in [2.75, 3.05) is 7.11 Å². The lowest BCUT2D eigenvalue weighted by Crippen LogP contribution is -2.23. The van der Waals surface area contributed by atoms with Gasteiger partial charge in [-0.15, -0.1) is 0 Å². The van der Waals surface area contributed by atoms with Gasteiger partial charge in [-0.25, -0.2) is 0 Å². The molecule has 12 heavy (non-hydrogen) atoms. The number of methoxy groups -OCH3 is 1. The molecule has 0 saturated heterocycles. The first-order valence-corrected chi connectivity index (χ1v) is 5.30. The Bertz CT molecular complexity index is 114. The predicted octanol–water partition coefficient (Wildman–Crippen LogP) is 3.24.